The predicted octanol–water partition coefficient (Wildman–Crippen LogP) is 4.67. The number of rotatable bonds is 4. The van der Waals surface area contributed by atoms with Crippen molar-refractivity contribution in [2.24, 2.45) is 0 Å². The molecular formula is C20H17ClF3N5O2S. The molecule has 0 bridgehead atoms. The maximum absolute atomic E-state index is 13.2. The lowest BCUT2D eigenvalue weighted by Gasteiger charge is -2.32. The second kappa shape index (κ2) is 8.55. The zero-order valence-electron chi connectivity index (χ0n) is 16.8. The van der Waals surface area contributed by atoms with Gasteiger partial charge in [0.1, 0.15) is 16.8 Å². The van der Waals surface area contributed by atoms with Crippen molar-refractivity contribution in [2.75, 3.05) is 17.9 Å². The number of amides is 1. The summed E-state index contributed by atoms with van der Waals surface area (Å²) in [6, 6.07) is 9.88. The van der Waals surface area contributed by atoms with Crippen LogP contribution in [0.2, 0.25) is 5.02 Å². The van der Waals surface area contributed by atoms with Gasteiger partial charge in [-0.2, -0.15) is 13.2 Å². The number of methoxy groups -OCH3 is 1. The molecule has 7 nitrogen and oxygen atoms in total. The van der Waals surface area contributed by atoms with E-state index >= 15 is 0 Å². The highest BCUT2D eigenvalue weighted by Crippen LogP contribution is 2.39. The Balaban J connectivity index is 1.65. The van der Waals surface area contributed by atoms with Crippen molar-refractivity contribution < 1.29 is 22.7 Å². The molecule has 4 rings (SSSR count). The number of carbonyl (C=O) groups is 1. The summed E-state index contributed by atoms with van der Waals surface area (Å²) in [6.45, 7) is 1.77. The smallest absolute Gasteiger partial charge is 0.417 e. The summed E-state index contributed by atoms with van der Waals surface area (Å²) in [7, 11) is 1.55. The van der Waals surface area contributed by atoms with Gasteiger partial charge in [-0.05, 0) is 42.8 Å². The van der Waals surface area contributed by atoms with Crippen molar-refractivity contribution in [3.63, 3.8) is 0 Å². The van der Waals surface area contributed by atoms with Gasteiger partial charge in [-0.1, -0.05) is 35.5 Å². The van der Waals surface area contributed by atoms with Crippen molar-refractivity contribution in [3.05, 3.63) is 64.4 Å². The van der Waals surface area contributed by atoms with Crippen molar-refractivity contribution >= 4 is 35.0 Å². The number of hydrogen-bond donors (Lipinski definition) is 2. The van der Waals surface area contributed by atoms with Crippen LogP contribution in [-0.2, 0) is 11.0 Å². The number of hydrogen-bond acceptors (Lipinski definition) is 6. The molecule has 2 aromatic carbocycles. The van der Waals surface area contributed by atoms with Gasteiger partial charge >= 0.3 is 6.18 Å². The first-order valence-corrected chi connectivity index (χ1v) is 10.6. The number of ether oxygens (including phenoxy) is 1. The molecule has 0 saturated carbocycles. The van der Waals surface area contributed by atoms with Crippen molar-refractivity contribution in [1.82, 2.24) is 14.9 Å². The summed E-state index contributed by atoms with van der Waals surface area (Å²) < 4.78 is 46.4. The van der Waals surface area contributed by atoms with Gasteiger partial charge in [0.15, 0.2) is 0 Å². The molecule has 1 amide bonds. The lowest BCUT2D eigenvalue weighted by molar-refractivity contribution is -0.137. The van der Waals surface area contributed by atoms with Crippen LogP contribution in [-0.4, -0.2) is 33.1 Å². The highest BCUT2D eigenvalue weighted by atomic mass is 35.5. The molecular weight excluding hydrogens is 467 g/mol. The predicted molar refractivity (Wildman–Crippen MR) is 115 cm³/mol. The number of anilines is 1. The van der Waals surface area contributed by atoms with Crippen LogP contribution in [0.3, 0.4) is 0 Å². The van der Waals surface area contributed by atoms with E-state index in [2.05, 4.69) is 20.9 Å². The van der Waals surface area contributed by atoms with Crippen LogP contribution < -0.4 is 15.5 Å². The molecule has 0 aliphatic carbocycles. The van der Waals surface area contributed by atoms with E-state index in [1.807, 2.05) is 12.1 Å². The van der Waals surface area contributed by atoms with Gasteiger partial charge in [0.25, 0.3) is 0 Å². The second-order valence-electron chi connectivity index (χ2n) is 6.97. The average Bonchev–Trinajstić information content (AvgIpc) is 3.13. The first kappa shape index (κ1) is 22.3. The van der Waals surface area contributed by atoms with Gasteiger partial charge in [-0.15, -0.1) is 10.2 Å². The number of carbonyl (C=O) groups excluding carboxylic acids is 1. The standard InChI is InChI=1S/C20H17ClF3N5O2S/c1-10-26-27-19-29(10)28-16(11-3-6-13(31-2)7-4-11)17(32-19)18(30)25-12-5-8-15(21)14(9-12)20(22,23)24/h3-9,16-17,28H,1-2H3,(H,25,30)/t16-,17+/m1/s1. The molecule has 0 unspecified atom stereocenters. The lowest BCUT2D eigenvalue weighted by Crippen LogP contribution is -2.41. The number of nitrogens with zero attached hydrogens (tertiary/aromatic N) is 3. The summed E-state index contributed by atoms with van der Waals surface area (Å²) >= 11 is 6.84. The van der Waals surface area contributed by atoms with E-state index in [0.717, 1.165) is 17.7 Å². The molecule has 1 aliphatic rings. The molecule has 1 aromatic heterocycles. The number of fused-ring (bicyclic) bond motifs is 1. The molecule has 2 N–H and O–H groups in total. The Hall–Kier alpha value is -2.92. The number of alkyl halides is 3. The van der Waals surface area contributed by atoms with Crippen LogP contribution in [0.4, 0.5) is 18.9 Å². The third-order valence-corrected chi connectivity index (χ3v) is 6.42. The number of nitrogens with one attached hydrogen (secondary N) is 2. The summed E-state index contributed by atoms with van der Waals surface area (Å²) in [5, 5.41) is 9.93. The zero-order valence-corrected chi connectivity index (χ0v) is 18.3. The largest absolute Gasteiger partial charge is 0.497 e. The van der Waals surface area contributed by atoms with Gasteiger partial charge in [0.05, 0.1) is 23.7 Å². The Kier molecular flexibility index (Phi) is 5.95. The second-order valence-corrected chi connectivity index (χ2v) is 8.48. The molecule has 0 spiro atoms. The Morgan fingerprint density at radius 1 is 1.22 bits per heavy atom. The normalized spacial score (nSPS) is 17.9. The van der Waals surface area contributed by atoms with Gasteiger partial charge in [0, 0.05) is 5.69 Å². The molecule has 0 saturated heterocycles. The van der Waals surface area contributed by atoms with Crippen molar-refractivity contribution in [3.8, 4) is 5.75 Å². The zero-order chi connectivity index (χ0) is 23.0. The van der Waals surface area contributed by atoms with E-state index in [4.69, 9.17) is 16.3 Å². The van der Waals surface area contributed by atoms with Gasteiger partial charge in [-0.25, -0.2) is 4.68 Å². The molecule has 2 atom stereocenters. The summed E-state index contributed by atoms with van der Waals surface area (Å²) in [4.78, 5) is 13.2. The maximum Gasteiger partial charge on any atom is 0.417 e. The Bertz CT molecular complexity index is 1150. The fourth-order valence-electron chi connectivity index (χ4n) is 3.26. The van der Waals surface area contributed by atoms with Crippen molar-refractivity contribution in [1.29, 1.82) is 0 Å². The lowest BCUT2D eigenvalue weighted by atomic mass is 10.0. The highest BCUT2D eigenvalue weighted by molar-refractivity contribution is 8.00. The monoisotopic (exact) mass is 483 g/mol. The first-order valence-electron chi connectivity index (χ1n) is 9.34. The fourth-order valence-corrected chi connectivity index (χ4v) is 4.61. The van der Waals surface area contributed by atoms with E-state index in [9.17, 15) is 18.0 Å². The summed E-state index contributed by atoms with van der Waals surface area (Å²) in [6.07, 6.45) is -4.64. The Labute approximate surface area is 190 Å². The maximum atomic E-state index is 13.2. The van der Waals surface area contributed by atoms with Gasteiger partial charge in [0.2, 0.25) is 11.1 Å². The van der Waals surface area contributed by atoms with E-state index in [1.165, 1.54) is 17.8 Å². The van der Waals surface area contributed by atoms with E-state index in [1.54, 1.807) is 30.8 Å². The SMILES string of the molecule is COc1ccc([C@H]2Nn3c(C)nnc3S[C@@H]2C(=O)Nc2ccc(Cl)c(C(F)(F)F)c2)cc1. The number of halogens is 4. The average molecular weight is 484 g/mol. The summed E-state index contributed by atoms with van der Waals surface area (Å²) in [5.74, 6) is 0.767. The van der Waals surface area contributed by atoms with E-state index < -0.39 is 34.0 Å². The van der Waals surface area contributed by atoms with Gasteiger partial charge < -0.3 is 15.5 Å². The molecule has 0 fully saturated rings. The molecule has 3 aromatic rings. The van der Waals surface area contributed by atoms with Crippen LogP contribution in [0.25, 0.3) is 0 Å². The Morgan fingerprint density at radius 2 is 1.94 bits per heavy atom. The third kappa shape index (κ3) is 4.35. The van der Waals surface area contributed by atoms with Crippen LogP contribution in [0.1, 0.15) is 23.0 Å². The quantitative estimate of drug-likeness (QED) is 0.561. The minimum absolute atomic E-state index is 0.0102. The van der Waals surface area contributed by atoms with Gasteiger partial charge in [-0.3, -0.25) is 4.79 Å². The van der Waals surface area contributed by atoms with Crippen LogP contribution >= 0.6 is 23.4 Å². The molecule has 1 aliphatic heterocycles. The third-order valence-electron chi connectivity index (χ3n) is 4.87. The van der Waals surface area contributed by atoms with Crippen LogP contribution in [0.15, 0.2) is 47.6 Å². The topological polar surface area (TPSA) is 81.1 Å². The highest BCUT2D eigenvalue weighted by Gasteiger charge is 2.38. The first-order chi connectivity index (χ1) is 15.2. The molecule has 2 heterocycles. The molecule has 168 valence electrons. The summed E-state index contributed by atoms with van der Waals surface area (Å²) in [5.41, 5.74) is 2.98. The number of benzene rings is 2. The number of aromatic nitrogens is 3. The number of aryl methyl sites for hydroxylation is 1. The Morgan fingerprint density at radius 3 is 2.59 bits per heavy atom. The fraction of sp³-hybridized carbons (Fsp3) is 0.250. The minimum Gasteiger partial charge on any atom is -0.497 e. The van der Waals surface area contributed by atoms with Crippen molar-refractivity contribution in [2.45, 2.75) is 29.5 Å². The van der Waals surface area contributed by atoms with Crippen LogP contribution in [0, 0.1) is 6.92 Å². The van der Waals surface area contributed by atoms with E-state index in [-0.39, 0.29) is 5.69 Å². The van der Waals surface area contributed by atoms with E-state index in [0.29, 0.717) is 16.7 Å². The minimum atomic E-state index is -4.64. The molecule has 32 heavy (non-hydrogen) atoms. The molecule has 0 radical (unpaired) electrons. The molecule has 12 heteroatoms. The van der Waals surface area contributed by atoms with Crippen LogP contribution in [0.5, 0.6) is 5.75 Å². The number of thioether (sulfide) groups is 1.